The summed E-state index contributed by atoms with van der Waals surface area (Å²) in [6.07, 6.45) is 4.59. The van der Waals surface area contributed by atoms with Crippen LogP contribution >= 0.6 is 0 Å². The summed E-state index contributed by atoms with van der Waals surface area (Å²) in [5.74, 6) is 1.02. The van der Waals surface area contributed by atoms with Crippen molar-refractivity contribution in [2.45, 2.75) is 12.5 Å². The Balaban J connectivity index is 1.68. The molecule has 19 heavy (non-hydrogen) atoms. The van der Waals surface area contributed by atoms with Gasteiger partial charge in [-0.15, -0.1) is 0 Å². The minimum atomic E-state index is 0.474. The Bertz CT molecular complexity index is 522. The SMILES string of the molecule is CN1CCNC(Cc2ncc(-c3ccccn3)[nH]2)C1. The molecular formula is C14H19N5. The number of likely N-dealkylation sites (N-methyl/N-ethyl adjacent to an activating group) is 1. The Morgan fingerprint density at radius 1 is 1.37 bits per heavy atom. The molecule has 0 radical (unpaired) electrons. The van der Waals surface area contributed by atoms with Crippen molar-refractivity contribution in [1.29, 1.82) is 0 Å². The zero-order valence-electron chi connectivity index (χ0n) is 11.1. The molecular weight excluding hydrogens is 238 g/mol. The fourth-order valence-electron chi connectivity index (χ4n) is 2.48. The van der Waals surface area contributed by atoms with Crippen LogP contribution in [0.25, 0.3) is 11.4 Å². The second kappa shape index (κ2) is 5.50. The van der Waals surface area contributed by atoms with Gasteiger partial charge < -0.3 is 15.2 Å². The Labute approximate surface area is 113 Å². The largest absolute Gasteiger partial charge is 0.341 e. The first kappa shape index (κ1) is 12.3. The molecule has 0 aliphatic carbocycles. The second-order valence-electron chi connectivity index (χ2n) is 5.08. The van der Waals surface area contributed by atoms with E-state index in [1.165, 1.54) is 0 Å². The Hall–Kier alpha value is -1.72. The molecule has 2 aromatic heterocycles. The normalized spacial score (nSPS) is 20.6. The van der Waals surface area contributed by atoms with Crippen molar-refractivity contribution in [3.05, 3.63) is 36.4 Å². The molecule has 0 amide bonds. The van der Waals surface area contributed by atoms with E-state index in [0.717, 1.165) is 43.3 Å². The van der Waals surface area contributed by atoms with Gasteiger partial charge in [-0.2, -0.15) is 0 Å². The molecule has 1 atom stereocenters. The van der Waals surface area contributed by atoms with Crippen LogP contribution in [0.5, 0.6) is 0 Å². The number of rotatable bonds is 3. The minimum Gasteiger partial charge on any atom is -0.341 e. The van der Waals surface area contributed by atoms with Crippen molar-refractivity contribution in [3.8, 4) is 11.4 Å². The Kier molecular flexibility index (Phi) is 3.57. The van der Waals surface area contributed by atoms with Gasteiger partial charge in [0.1, 0.15) is 5.82 Å². The van der Waals surface area contributed by atoms with Gasteiger partial charge in [0.15, 0.2) is 0 Å². The Morgan fingerprint density at radius 2 is 2.32 bits per heavy atom. The molecule has 100 valence electrons. The first-order valence-electron chi connectivity index (χ1n) is 6.68. The summed E-state index contributed by atoms with van der Waals surface area (Å²) in [6.45, 7) is 3.24. The lowest BCUT2D eigenvalue weighted by molar-refractivity contribution is 0.236. The molecule has 5 nitrogen and oxygen atoms in total. The van der Waals surface area contributed by atoms with Gasteiger partial charge in [0.05, 0.1) is 17.6 Å². The standard InChI is InChI=1S/C14H19N5/c1-19-7-6-15-11(10-19)8-14-17-9-13(18-14)12-4-2-3-5-16-12/h2-5,9,11,15H,6-8,10H2,1H3,(H,17,18). The lowest BCUT2D eigenvalue weighted by atomic mass is 10.1. The van der Waals surface area contributed by atoms with Crippen LogP contribution in [0.2, 0.25) is 0 Å². The van der Waals surface area contributed by atoms with Gasteiger partial charge in [0, 0.05) is 38.3 Å². The van der Waals surface area contributed by atoms with Crippen molar-refractivity contribution < 1.29 is 0 Å². The molecule has 3 rings (SSSR count). The van der Waals surface area contributed by atoms with Crippen LogP contribution in [-0.2, 0) is 6.42 Å². The smallest absolute Gasteiger partial charge is 0.108 e. The maximum Gasteiger partial charge on any atom is 0.108 e. The summed E-state index contributed by atoms with van der Waals surface area (Å²) in [4.78, 5) is 14.5. The highest BCUT2D eigenvalue weighted by molar-refractivity contribution is 5.52. The predicted molar refractivity (Wildman–Crippen MR) is 74.8 cm³/mol. The summed E-state index contributed by atoms with van der Waals surface area (Å²) >= 11 is 0. The van der Waals surface area contributed by atoms with E-state index in [2.05, 4.69) is 32.2 Å². The third-order valence-corrected chi connectivity index (χ3v) is 3.47. The zero-order chi connectivity index (χ0) is 13.1. The molecule has 0 bridgehead atoms. The number of H-pyrrole nitrogens is 1. The number of pyridine rings is 1. The van der Waals surface area contributed by atoms with E-state index in [1.807, 2.05) is 24.4 Å². The first-order chi connectivity index (χ1) is 9.31. The van der Waals surface area contributed by atoms with Crippen LogP contribution in [-0.4, -0.2) is 52.6 Å². The molecule has 3 heterocycles. The summed E-state index contributed by atoms with van der Waals surface area (Å²) in [6, 6.07) is 6.37. The van der Waals surface area contributed by atoms with Gasteiger partial charge in [-0.25, -0.2) is 4.98 Å². The number of aromatic amines is 1. The van der Waals surface area contributed by atoms with Gasteiger partial charge in [-0.3, -0.25) is 4.98 Å². The highest BCUT2D eigenvalue weighted by atomic mass is 15.2. The number of hydrogen-bond acceptors (Lipinski definition) is 4. The first-order valence-corrected chi connectivity index (χ1v) is 6.68. The third kappa shape index (κ3) is 3.00. The van der Waals surface area contributed by atoms with E-state index < -0.39 is 0 Å². The molecule has 2 N–H and O–H groups in total. The van der Waals surface area contributed by atoms with Gasteiger partial charge in [-0.05, 0) is 19.2 Å². The molecule has 1 fully saturated rings. The zero-order valence-corrected chi connectivity index (χ0v) is 11.1. The molecule has 5 heteroatoms. The van der Waals surface area contributed by atoms with Gasteiger partial charge in [0.25, 0.3) is 0 Å². The van der Waals surface area contributed by atoms with Gasteiger partial charge in [-0.1, -0.05) is 6.07 Å². The number of aromatic nitrogens is 3. The summed E-state index contributed by atoms with van der Waals surface area (Å²) in [5.41, 5.74) is 1.93. The van der Waals surface area contributed by atoms with Crippen molar-refractivity contribution >= 4 is 0 Å². The highest BCUT2D eigenvalue weighted by Crippen LogP contribution is 2.14. The van der Waals surface area contributed by atoms with Crippen molar-refractivity contribution in [2.75, 3.05) is 26.7 Å². The molecule has 1 aliphatic heterocycles. The van der Waals surface area contributed by atoms with Crippen LogP contribution < -0.4 is 5.32 Å². The van der Waals surface area contributed by atoms with Crippen LogP contribution in [0.15, 0.2) is 30.6 Å². The molecule has 1 aliphatic rings. The molecule has 0 aromatic carbocycles. The van der Waals surface area contributed by atoms with E-state index in [-0.39, 0.29) is 0 Å². The predicted octanol–water partition coefficient (Wildman–Crippen LogP) is 0.918. The summed E-state index contributed by atoms with van der Waals surface area (Å²) < 4.78 is 0. The minimum absolute atomic E-state index is 0.474. The fourth-order valence-corrected chi connectivity index (χ4v) is 2.48. The van der Waals surface area contributed by atoms with Crippen LogP contribution in [0, 0.1) is 0 Å². The maximum atomic E-state index is 4.46. The lowest BCUT2D eigenvalue weighted by Crippen LogP contribution is -2.50. The average molecular weight is 257 g/mol. The van der Waals surface area contributed by atoms with Gasteiger partial charge in [0.2, 0.25) is 0 Å². The van der Waals surface area contributed by atoms with Crippen LogP contribution in [0.4, 0.5) is 0 Å². The molecule has 0 saturated carbocycles. The maximum absolute atomic E-state index is 4.46. The monoisotopic (exact) mass is 257 g/mol. The van der Waals surface area contributed by atoms with Crippen LogP contribution in [0.1, 0.15) is 5.82 Å². The Morgan fingerprint density at radius 3 is 3.11 bits per heavy atom. The van der Waals surface area contributed by atoms with E-state index in [0.29, 0.717) is 6.04 Å². The lowest BCUT2D eigenvalue weighted by Gasteiger charge is -2.30. The van der Waals surface area contributed by atoms with Gasteiger partial charge >= 0.3 is 0 Å². The molecule has 1 unspecified atom stereocenters. The molecule has 1 saturated heterocycles. The van der Waals surface area contributed by atoms with Crippen molar-refractivity contribution in [1.82, 2.24) is 25.2 Å². The van der Waals surface area contributed by atoms with Crippen LogP contribution in [0.3, 0.4) is 0 Å². The quantitative estimate of drug-likeness (QED) is 0.858. The topological polar surface area (TPSA) is 56.8 Å². The number of nitrogens with zero attached hydrogens (tertiary/aromatic N) is 3. The third-order valence-electron chi connectivity index (χ3n) is 3.47. The van der Waals surface area contributed by atoms with E-state index in [9.17, 15) is 0 Å². The average Bonchev–Trinajstić information content (AvgIpc) is 2.88. The van der Waals surface area contributed by atoms with E-state index in [4.69, 9.17) is 0 Å². The van der Waals surface area contributed by atoms with Crippen molar-refractivity contribution in [2.24, 2.45) is 0 Å². The fraction of sp³-hybridized carbons (Fsp3) is 0.429. The molecule has 2 aromatic rings. The number of piperazine rings is 1. The highest BCUT2D eigenvalue weighted by Gasteiger charge is 2.18. The van der Waals surface area contributed by atoms with Crippen molar-refractivity contribution in [3.63, 3.8) is 0 Å². The number of imidazole rings is 1. The summed E-state index contributed by atoms with van der Waals surface area (Å²) in [7, 11) is 2.16. The second-order valence-corrected chi connectivity index (χ2v) is 5.08. The molecule has 0 spiro atoms. The van der Waals surface area contributed by atoms with E-state index in [1.54, 1.807) is 6.20 Å². The number of nitrogens with one attached hydrogen (secondary N) is 2. The van der Waals surface area contributed by atoms with E-state index >= 15 is 0 Å². The number of hydrogen-bond donors (Lipinski definition) is 2. The summed E-state index contributed by atoms with van der Waals surface area (Å²) in [5, 5.41) is 3.53.